The number of aromatic nitrogens is 5. The Morgan fingerprint density at radius 2 is 2.09 bits per heavy atom. The second-order valence-electron chi connectivity index (χ2n) is 7.46. The third-order valence-electron chi connectivity index (χ3n) is 5.43. The highest BCUT2D eigenvalue weighted by Crippen LogP contribution is 2.30. The van der Waals surface area contributed by atoms with Crippen LogP contribution in [0.25, 0.3) is 22.4 Å². The van der Waals surface area contributed by atoms with E-state index in [1.54, 1.807) is 24.7 Å². The van der Waals surface area contributed by atoms with Gasteiger partial charge in [-0.3, -0.25) is 9.36 Å². The maximum atomic E-state index is 12.7. The minimum atomic E-state index is -0.307. The molecule has 1 unspecified atom stereocenters. The highest BCUT2D eigenvalue weighted by atomic mass is 16.5. The Morgan fingerprint density at radius 1 is 1.16 bits per heavy atom. The summed E-state index contributed by atoms with van der Waals surface area (Å²) in [4.78, 5) is 30.3. The van der Waals surface area contributed by atoms with Crippen LogP contribution in [-0.2, 0) is 4.74 Å². The molecule has 1 aliphatic heterocycles. The predicted octanol–water partition coefficient (Wildman–Crippen LogP) is 3.85. The minimum absolute atomic E-state index is 0.0587. The highest BCUT2D eigenvalue weighted by Gasteiger charge is 2.21. The molecule has 1 aliphatic rings. The molecule has 0 spiro atoms. The lowest BCUT2D eigenvalue weighted by atomic mass is 10.1. The summed E-state index contributed by atoms with van der Waals surface area (Å²) in [5.74, 6) is -0.0344. The molecule has 4 heterocycles. The van der Waals surface area contributed by atoms with E-state index < -0.39 is 0 Å². The van der Waals surface area contributed by atoms with E-state index in [9.17, 15) is 4.79 Å². The highest BCUT2D eigenvalue weighted by molar-refractivity contribution is 6.06. The first-order chi connectivity index (χ1) is 15.7. The number of carbonyl (C=O) groups excluding carboxylic acids is 1. The average Bonchev–Trinajstić information content (AvgIpc) is 3.29. The van der Waals surface area contributed by atoms with Crippen molar-refractivity contribution in [2.45, 2.75) is 25.5 Å². The van der Waals surface area contributed by atoms with E-state index in [1.807, 2.05) is 28.8 Å². The molecule has 1 atom stereocenters. The smallest absolute Gasteiger partial charge is 0.261 e. The molecular formula is C23H22N6O3. The molecule has 1 aromatic carbocycles. The van der Waals surface area contributed by atoms with Crippen LogP contribution in [0.4, 0.5) is 5.69 Å². The summed E-state index contributed by atoms with van der Waals surface area (Å²) in [5.41, 5.74) is 3.93. The van der Waals surface area contributed by atoms with Crippen LogP contribution in [0.3, 0.4) is 0 Å². The number of anilines is 1. The first-order valence-corrected chi connectivity index (χ1v) is 10.4. The van der Waals surface area contributed by atoms with Crippen LogP contribution >= 0.6 is 0 Å². The van der Waals surface area contributed by atoms with Gasteiger partial charge in [0.25, 0.3) is 5.91 Å². The number of fused-ring (bicyclic) bond motifs is 1. The average molecular weight is 430 g/mol. The van der Waals surface area contributed by atoms with Gasteiger partial charge in [-0.1, -0.05) is 12.1 Å². The molecule has 9 heteroatoms. The van der Waals surface area contributed by atoms with Crippen LogP contribution in [0.2, 0.25) is 0 Å². The summed E-state index contributed by atoms with van der Waals surface area (Å²) in [5, 5.41) is 2.90. The fourth-order valence-corrected chi connectivity index (χ4v) is 3.89. The summed E-state index contributed by atoms with van der Waals surface area (Å²) in [7, 11) is 1.48. The van der Waals surface area contributed by atoms with Gasteiger partial charge in [-0.25, -0.2) is 19.9 Å². The first kappa shape index (κ1) is 20.1. The summed E-state index contributed by atoms with van der Waals surface area (Å²) in [6.07, 6.45) is 7.94. The SMILES string of the molecule is COc1ncccc1C(=O)Nc1cccc(-c2ncnc3c2ncn3C2CCCCO2)c1. The van der Waals surface area contributed by atoms with E-state index in [0.29, 0.717) is 22.5 Å². The summed E-state index contributed by atoms with van der Waals surface area (Å²) < 4.78 is 13.1. The lowest BCUT2D eigenvalue weighted by Crippen LogP contribution is -2.17. The molecule has 1 N–H and O–H groups in total. The van der Waals surface area contributed by atoms with Crippen LogP contribution in [0.1, 0.15) is 35.8 Å². The number of hydrogen-bond acceptors (Lipinski definition) is 7. The normalized spacial score (nSPS) is 16.1. The van der Waals surface area contributed by atoms with E-state index in [1.165, 1.54) is 13.4 Å². The summed E-state index contributed by atoms with van der Waals surface area (Å²) in [6.45, 7) is 0.742. The van der Waals surface area contributed by atoms with Crippen molar-refractivity contribution in [2.75, 3.05) is 19.0 Å². The number of nitrogens with zero attached hydrogens (tertiary/aromatic N) is 5. The van der Waals surface area contributed by atoms with Crippen molar-refractivity contribution in [2.24, 2.45) is 0 Å². The van der Waals surface area contributed by atoms with Crippen molar-refractivity contribution in [3.8, 4) is 17.1 Å². The van der Waals surface area contributed by atoms with Gasteiger partial charge in [-0.05, 0) is 43.5 Å². The van der Waals surface area contributed by atoms with Gasteiger partial charge >= 0.3 is 0 Å². The lowest BCUT2D eigenvalue weighted by molar-refractivity contribution is -0.0298. The largest absolute Gasteiger partial charge is 0.480 e. The molecule has 0 radical (unpaired) electrons. The van der Waals surface area contributed by atoms with Gasteiger partial charge in [-0.2, -0.15) is 0 Å². The van der Waals surface area contributed by atoms with Crippen molar-refractivity contribution < 1.29 is 14.3 Å². The number of imidazole rings is 1. The molecule has 0 bridgehead atoms. The Bertz CT molecular complexity index is 1270. The Kier molecular flexibility index (Phi) is 5.47. The van der Waals surface area contributed by atoms with Crippen LogP contribution in [0, 0.1) is 0 Å². The quantitative estimate of drug-likeness (QED) is 0.513. The first-order valence-electron chi connectivity index (χ1n) is 10.4. The maximum absolute atomic E-state index is 12.7. The van der Waals surface area contributed by atoms with Crippen molar-refractivity contribution in [1.29, 1.82) is 0 Å². The number of nitrogens with one attached hydrogen (secondary N) is 1. The Morgan fingerprint density at radius 3 is 2.94 bits per heavy atom. The number of benzene rings is 1. The fourth-order valence-electron chi connectivity index (χ4n) is 3.89. The standard InChI is InChI=1S/C23H22N6O3/c1-31-23-17(8-5-10-24-23)22(30)28-16-7-4-6-15(12-16)19-20-21(26-13-25-19)29(14-27-20)18-9-2-3-11-32-18/h4-8,10,12-14,18H,2-3,9,11H2,1H3,(H,28,30). The maximum Gasteiger partial charge on any atom is 0.261 e. The third-order valence-corrected chi connectivity index (χ3v) is 5.43. The predicted molar refractivity (Wildman–Crippen MR) is 118 cm³/mol. The van der Waals surface area contributed by atoms with Crippen LogP contribution in [-0.4, -0.2) is 44.1 Å². The van der Waals surface area contributed by atoms with Gasteiger partial charge in [0, 0.05) is 24.1 Å². The molecule has 0 saturated carbocycles. The van der Waals surface area contributed by atoms with E-state index >= 15 is 0 Å². The summed E-state index contributed by atoms with van der Waals surface area (Å²) >= 11 is 0. The number of methoxy groups -OCH3 is 1. The molecule has 32 heavy (non-hydrogen) atoms. The fraction of sp³-hybridized carbons (Fsp3) is 0.261. The van der Waals surface area contributed by atoms with Crippen molar-refractivity contribution >= 4 is 22.8 Å². The van der Waals surface area contributed by atoms with Crippen LogP contribution in [0.15, 0.2) is 55.2 Å². The zero-order valence-corrected chi connectivity index (χ0v) is 17.6. The summed E-state index contributed by atoms with van der Waals surface area (Å²) in [6, 6.07) is 10.8. The van der Waals surface area contributed by atoms with E-state index in [-0.39, 0.29) is 18.0 Å². The number of ether oxygens (including phenoxy) is 2. The number of carbonyl (C=O) groups is 1. The zero-order valence-electron chi connectivity index (χ0n) is 17.6. The van der Waals surface area contributed by atoms with E-state index in [0.717, 1.165) is 37.1 Å². The van der Waals surface area contributed by atoms with Crippen LogP contribution in [0.5, 0.6) is 5.88 Å². The van der Waals surface area contributed by atoms with Gasteiger partial charge in [0.1, 0.15) is 29.3 Å². The second-order valence-corrected chi connectivity index (χ2v) is 7.46. The topological polar surface area (TPSA) is 104 Å². The third kappa shape index (κ3) is 3.78. The monoisotopic (exact) mass is 430 g/mol. The molecule has 3 aromatic heterocycles. The van der Waals surface area contributed by atoms with Crippen molar-refractivity contribution in [1.82, 2.24) is 24.5 Å². The number of hydrogen-bond donors (Lipinski definition) is 1. The molecule has 162 valence electrons. The van der Waals surface area contributed by atoms with Gasteiger partial charge in [0.15, 0.2) is 5.65 Å². The van der Waals surface area contributed by atoms with Crippen LogP contribution < -0.4 is 10.1 Å². The Balaban J connectivity index is 1.45. The number of pyridine rings is 1. The van der Waals surface area contributed by atoms with Gasteiger partial charge < -0.3 is 14.8 Å². The minimum Gasteiger partial charge on any atom is -0.480 e. The zero-order chi connectivity index (χ0) is 21.9. The second kappa shape index (κ2) is 8.72. The molecular weight excluding hydrogens is 408 g/mol. The lowest BCUT2D eigenvalue weighted by Gasteiger charge is -2.23. The Labute approximate surface area is 184 Å². The van der Waals surface area contributed by atoms with Crippen molar-refractivity contribution in [3.05, 3.63) is 60.8 Å². The molecule has 9 nitrogen and oxygen atoms in total. The molecule has 1 amide bonds. The molecule has 0 aliphatic carbocycles. The number of rotatable bonds is 5. The van der Waals surface area contributed by atoms with Gasteiger partial charge in [0.05, 0.1) is 13.4 Å². The van der Waals surface area contributed by atoms with E-state index in [4.69, 9.17) is 9.47 Å². The van der Waals surface area contributed by atoms with Gasteiger partial charge in [0.2, 0.25) is 5.88 Å². The van der Waals surface area contributed by atoms with E-state index in [2.05, 4.69) is 25.3 Å². The molecule has 1 saturated heterocycles. The molecule has 5 rings (SSSR count). The molecule has 1 fully saturated rings. The number of amides is 1. The molecule has 4 aromatic rings. The van der Waals surface area contributed by atoms with Crippen molar-refractivity contribution in [3.63, 3.8) is 0 Å². The Hall–Kier alpha value is -3.85. The van der Waals surface area contributed by atoms with Gasteiger partial charge in [-0.15, -0.1) is 0 Å².